The zero-order valence-corrected chi connectivity index (χ0v) is 15.8. The molecule has 2 aromatic rings. The molecule has 1 amide bonds. The van der Waals surface area contributed by atoms with Gasteiger partial charge in [0.2, 0.25) is 11.8 Å². The van der Waals surface area contributed by atoms with Gasteiger partial charge in [0.05, 0.1) is 6.54 Å². The molecule has 1 N–H and O–H groups in total. The molecule has 0 bridgehead atoms. The number of aromatic nitrogens is 2. The van der Waals surface area contributed by atoms with Crippen LogP contribution in [0, 0.1) is 5.92 Å². The smallest absolute Gasteiger partial charge is 0.244 e. The van der Waals surface area contributed by atoms with Crippen molar-refractivity contribution in [1.29, 1.82) is 0 Å². The maximum Gasteiger partial charge on any atom is 0.244 e. The fourth-order valence-corrected chi connectivity index (χ4v) is 3.17. The van der Waals surface area contributed by atoms with Crippen molar-refractivity contribution in [2.75, 3.05) is 13.1 Å². The summed E-state index contributed by atoms with van der Waals surface area (Å²) in [6, 6.07) is 9.43. The largest absolute Gasteiger partial charge is 0.341 e. The second kappa shape index (κ2) is 8.45. The number of piperidine rings is 1. The molecule has 1 aromatic heterocycles. The van der Waals surface area contributed by atoms with Gasteiger partial charge < -0.3 is 9.42 Å². The van der Waals surface area contributed by atoms with Crippen molar-refractivity contribution in [2.24, 2.45) is 5.92 Å². The number of nitrogens with zero attached hydrogens (tertiary/aromatic N) is 3. The van der Waals surface area contributed by atoms with Gasteiger partial charge in [-0.15, -0.1) is 0 Å². The lowest BCUT2D eigenvalue weighted by Gasteiger charge is -2.33. The molecule has 1 aliphatic heterocycles. The molecule has 26 heavy (non-hydrogen) atoms. The van der Waals surface area contributed by atoms with Crippen LogP contribution in [0.4, 0.5) is 0 Å². The summed E-state index contributed by atoms with van der Waals surface area (Å²) in [6.45, 7) is 8.31. The summed E-state index contributed by atoms with van der Waals surface area (Å²) in [7, 11) is 0. The number of nitrogens with one attached hydrogen (secondary N) is 1. The maximum atomic E-state index is 13.1. The van der Waals surface area contributed by atoms with Gasteiger partial charge in [0.25, 0.3) is 0 Å². The highest BCUT2D eigenvalue weighted by molar-refractivity contribution is 5.83. The second-order valence-corrected chi connectivity index (χ2v) is 7.43. The van der Waals surface area contributed by atoms with Crippen LogP contribution in [0.15, 0.2) is 34.9 Å². The van der Waals surface area contributed by atoms with E-state index in [9.17, 15) is 4.79 Å². The van der Waals surface area contributed by atoms with E-state index in [1.807, 2.05) is 49.1 Å². The van der Waals surface area contributed by atoms with Crippen LogP contribution < -0.4 is 5.32 Å². The lowest BCUT2D eigenvalue weighted by molar-refractivity contribution is -0.135. The van der Waals surface area contributed by atoms with Gasteiger partial charge in [-0.25, -0.2) is 0 Å². The molecule has 6 heteroatoms. The van der Waals surface area contributed by atoms with Crippen LogP contribution in [-0.2, 0) is 11.3 Å². The summed E-state index contributed by atoms with van der Waals surface area (Å²) in [4.78, 5) is 19.5. The summed E-state index contributed by atoms with van der Waals surface area (Å²) in [5.41, 5.74) is 0.958. The number of likely N-dealkylation sites (tertiary alicyclic amines) is 1. The van der Waals surface area contributed by atoms with Crippen LogP contribution in [0.25, 0.3) is 0 Å². The van der Waals surface area contributed by atoms with E-state index in [0.29, 0.717) is 24.2 Å². The highest BCUT2D eigenvalue weighted by Crippen LogP contribution is 2.22. The Morgan fingerprint density at radius 1 is 1.27 bits per heavy atom. The quantitative estimate of drug-likeness (QED) is 0.860. The number of benzene rings is 1. The van der Waals surface area contributed by atoms with Gasteiger partial charge in [-0.3, -0.25) is 10.1 Å². The molecule has 0 radical (unpaired) electrons. The number of amides is 1. The number of rotatable bonds is 6. The molecule has 1 saturated heterocycles. The second-order valence-electron chi connectivity index (χ2n) is 7.43. The molecule has 1 atom stereocenters. The van der Waals surface area contributed by atoms with Gasteiger partial charge in [-0.05, 0) is 24.3 Å². The van der Waals surface area contributed by atoms with Gasteiger partial charge >= 0.3 is 0 Å². The number of hydrogen-bond donors (Lipinski definition) is 1. The van der Waals surface area contributed by atoms with Crippen LogP contribution in [0.5, 0.6) is 0 Å². The first kappa shape index (κ1) is 18.6. The van der Waals surface area contributed by atoms with Gasteiger partial charge in [-0.1, -0.05) is 56.3 Å². The van der Waals surface area contributed by atoms with E-state index in [1.54, 1.807) is 0 Å². The van der Waals surface area contributed by atoms with Crippen LogP contribution in [0.1, 0.15) is 62.9 Å². The predicted octanol–water partition coefficient (Wildman–Crippen LogP) is 3.28. The lowest BCUT2D eigenvalue weighted by atomic mass is 9.97. The lowest BCUT2D eigenvalue weighted by Crippen LogP contribution is -2.44. The Hall–Kier alpha value is -2.21. The standard InChI is InChI=1S/C20H28N4O2/c1-14(2)19-22-17(26-23-19)13-21-18(16-7-5-4-6-8-16)20(25)24-11-9-15(3)10-12-24/h4-8,14-15,18,21H,9-13H2,1-3H3/t18-/m0/s1. The van der Waals surface area contributed by atoms with Crippen molar-refractivity contribution in [3.05, 3.63) is 47.6 Å². The molecule has 1 fully saturated rings. The van der Waals surface area contributed by atoms with Crippen molar-refractivity contribution in [2.45, 2.75) is 52.1 Å². The van der Waals surface area contributed by atoms with Gasteiger partial charge in [0.15, 0.2) is 5.82 Å². The predicted molar refractivity (Wildman–Crippen MR) is 99.4 cm³/mol. The Labute approximate surface area is 155 Å². The molecule has 0 saturated carbocycles. The van der Waals surface area contributed by atoms with E-state index in [-0.39, 0.29) is 11.8 Å². The van der Waals surface area contributed by atoms with Crippen LogP contribution in [0.2, 0.25) is 0 Å². The zero-order chi connectivity index (χ0) is 18.5. The molecule has 0 aliphatic carbocycles. The zero-order valence-electron chi connectivity index (χ0n) is 15.8. The van der Waals surface area contributed by atoms with E-state index in [0.717, 1.165) is 31.5 Å². The number of carbonyl (C=O) groups is 1. The molecule has 3 rings (SSSR count). The molecule has 6 nitrogen and oxygen atoms in total. The first-order valence-electron chi connectivity index (χ1n) is 9.44. The van der Waals surface area contributed by atoms with Crippen molar-refractivity contribution in [3.8, 4) is 0 Å². The first-order chi connectivity index (χ1) is 12.5. The average Bonchev–Trinajstić information content (AvgIpc) is 3.12. The van der Waals surface area contributed by atoms with Gasteiger partial charge in [0.1, 0.15) is 6.04 Å². The molecule has 0 unspecified atom stereocenters. The van der Waals surface area contributed by atoms with Crippen molar-refractivity contribution >= 4 is 5.91 Å². The van der Waals surface area contributed by atoms with Crippen molar-refractivity contribution in [3.63, 3.8) is 0 Å². The Morgan fingerprint density at radius 2 is 1.96 bits per heavy atom. The molecule has 2 heterocycles. The third kappa shape index (κ3) is 4.49. The molecule has 140 valence electrons. The van der Waals surface area contributed by atoms with Crippen molar-refractivity contribution in [1.82, 2.24) is 20.4 Å². The van der Waals surface area contributed by atoms with Gasteiger partial charge in [0, 0.05) is 19.0 Å². The maximum absolute atomic E-state index is 13.1. The summed E-state index contributed by atoms with van der Waals surface area (Å²) < 4.78 is 5.30. The molecule has 1 aliphatic rings. The van der Waals surface area contributed by atoms with E-state index in [2.05, 4.69) is 22.4 Å². The van der Waals surface area contributed by atoms with E-state index >= 15 is 0 Å². The Bertz CT molecular complexity index is 706. The van der Waals surface area contributed by atoms with Crippen molar-refractivity contribution < 1.29 is 9.32 Å². The minimum Gasteiger partial charge on any atom is -0.341 e. The topological polar surface area (TPSA) is 71.3 Å². The number of hydrogen-bond acceptors (Lipinski definition) is 5. The van der Waals surface area contributed by atoms with Crippen LogP contribution >= 0.6 is 0 Å². The monoisotopic (exact) mass is 356 g/mol. The highest BCUT2D eigenvalue weighted by Gasteiger charge is 2.28. The molecular weight excluding hydrogens is 328 g/mol. The minimum atomic E-state index is -0.404. The number of carbonyl (C=O) groups excluding carboxylic acids is 1. The molecular formula is C20H28N4O2. The summed E-state index contributed by atoms with van der Waals surface area (Å²) >= 11 is 0. The summed E-state index contributed by atoms with van der Waals surface area (Å²) in [5, 5.41) is 7.31. The van der Waals surface area contributed by atoms with Crippen LogP contribution in [-0.4, -0.2) is 34.0 Å². The normalized spacial score (nSPS) is 16.8. The van der Waals surface area contributed by atoms with E-state index < -0.39 is 6.04 Å². The Morgan fingerprint density at radius 3 is 2.58 bits per heavy atom. The summed E-state index contributed by atoms with van der Waals surface area (Å²) in [5.74, 6) is 2.22. The van der Waals surface area contributed by atoms with Gasteiger partial charge in [-0.2, -0.15) is 4.98 Å². The van der Waals surface area contributed by atoms with E-state index in [1.165, 1.54) is 0 Å². The average molecular weight is 356 g/mol. The minimum absolute atomic E-state index is 0.117. The fourth-order valence-electron chi connectivity index (χ4n) is 3.17. The fraction of sp³-hybridized carbons (Fsp3) is 0.550. The first-order valence-corrected chi connectivity index (χ1v) is 9.44. The Balaban J connectivity index is 1.72. The third-order valence-electron chi connectivity index (χ3n) is 4.93. The third-order valence-corrected chi connectivity index (χ3v) is 4.93. The summed E-state index contributed by atoms with van der Waals surface area (Å²) in [6.07, 6.45) is 2.13. The SMILES string of the molecule is CC1CCN(C(=O)[C@@H](NCc2nc(C(C)C)no2)c2ccccc2)CC1. The molecule has 1 aromatic carbocycles. The highest BCUT2D eigenvalue weighted by atomic mass is 16.5. The Kier molecular flexibility index (Phi) is 6.04. The van der Waals surface area contributed by atoms with E-state index in [4.69, 9.17) is 4.52 Å². The van der Waals surface area contributed by atoms with Crippen LogP contribution in [0.3, 0.4) is 0 Å². The molecule has 0 spiro atoms.